The Morgan fingerprint density at radius 3 is 2.95 bits per heavy atom. The Kier molecular flexibility index (Phi) is 4.36. The average Bonchev–Trinajstić information content (AvgIpc) is 2.35. The van der Waals surface area contributed by atoms with Crippen LogP contribution in [0.3, 0.4) is 0 Å². The zero-order valence-electron chi connectivity index (χ0n) is 10.6. The normalized spacial score (nSPS) is 14.7. The van der Waals surface area contributed by atoms with E-state index >= 15 is 0 Å². The predicted molar refractivity (Wildman–Crippen MR) is 78.1 cm³/mol. The zero-order chi connectivity index (χ0) is 13.9. The van der Waals surface area contributed by atoms with Crippen molar-refractivity contribution in [2.45, 2.75) is 24.7 Å². The molecule has 19 heavy (non-hydrogen) atoms. The Hall–Kier alpha value is -1.21. The molecular formula is C12H16N2O3S2. The summed E-state index contributed by atoms with van der Waals surface area (Å²) >= 11 is 1.45. The Balaban J connectivity index is 2.14. The van der Waals surface area contributed by atoms with Crippen molar-refractivity contribution in [2.75, 3.05) is 21.5 Å². The monoisotopic (exact) mass is 300 g/mol. The second-order valence-corrected chi connectivity index (χ2v) is 7.18. The number of fused-ring (bicyclic) bond motifs is 1. The fourth-order valence-corrected chi connectivity index (χ4v) is 3.76. The lowest BCUT2D eigenvalue weighted by molar-refractivity contribution is -0.113. The van der Waals surface area contributed by atoms with Crippen LogP contribution in [-0.2, 0) is 14.8 Å². The van der Waals surface area contributed by atoms with Crippen molar-refractivity contribution >= 4 is 39.1 Å². The lowest BCUT2D eigenvalue weighted by Crippen LogP contribution is -2.20. The molecule has 2 N–H and O–H groups in total. The first kappa shape index (κ1) is 14.2. The highest BCUT2D eigenvalue weighted by atomic mass is 32.2. The van der Waals surface area contributed by atoms with Gasteiger partial charge in [0.05, 0.1) is 22.9 Å². The molecule has 0 unspecified atom stereocenters. The maximum Gasteiger partial charge on any atom is 0.234 e. The lowest BCUT2D eigenvalue weighted by Gasteiger charge is -2.17. The van der Waals surface area contributed by atoms with Crippen molar-refractivity contribution in [3.8, 4) is 0 Å². The second-order valence-electron chi connectivity index (χ2n) is 4.32. The summed E-state index contributed by atoms with van der Waals surface area (Å²) in [6.45, 7) is 1.95. The number of thioether (sulfide) groups is 1. The van der Waals surface area contributed by atoms with E-state index in [1.807, 2.05) is 13.0 Å². The third-order valence-corrected chi connectivity index (χ3v) is 5.10. The van der Waals surface area contributed by atoms with E-state index in [2.05, 4.69) is 10.0 Å². The number of carbonyl (C=O) groups is 1. The Morgan fingerprint density at radius 2 is 2.21 bits per heavy atom. The van der Waals surface area contributed by atoms with Gasteiger partial charge in [-0.05, 0) is 24.6 Å². The van der Waals surface area contributed by atoms with Gasteiger partial charge in [0.1, 0.15) is 0 Å². The summed E-state index contributed by atoms with van der Waals surface area (Å²) in [5, 5.41) is 2.73. The maximum atomic E-state index is 11.8. The molecule has 0 aromatic heterocycles. The highest BCUT2D eigenvalue weighted by Crippen LogP contribution is 2.33. The van der Waals surface area contributed by atoms with Crippen molar-refractivity contribution in [1.82, 2.24) is 0 Å². The molecule has 0 saturated carbocycles. The van der Waals surface area contributed by atoms with Crippen LogP contribution < -0.4 is 10.0 Å². The van der Waals surface area contributed by atoms with Crippen LogP contribution in [0.4, 0.5) is 11.4 Å². The molecule has 1 aromatic rings. The van der Waals surface area contributed by atoms with Gasteiger partial charge < -0.3 is 5.32 Å². The SMILES string of the molecule is CCCCS(=O)(=O)Nc1ccc2c(c1)NC(=O)CS2. The minimum absolute atomic E-state index is 0.0662. The fourth-order valence-electron chi connectivity index (χ4n) is 1.71. The van der Waals surface area contributed by atoms with Crippen molar-refractivity contribution in [2.24, 2.45) is 0 Å². The van der Waals surface area contributed by atoms with Crippen LogP contribution >= 0.6 is 11.8 Å². The molecule has 7 heteroatoms. The van der Waals surface area contributed by atoms with E-state index in [-0.39, 0.29) is 11.7 Å². The van der Waals surface area contributed by atoms with E-state index in [0.717, 1.165) is 11.3 Å². The number of sulfonamides is 1. The number of unbranched alkanes of at least 4 members (excludes halogenated alkanes) is 1. The van der Waals surface area contributed by atoms with Gasteiger partial charge in [-0.2, -0.15) is 0 Å². The Morgan fingerprint density at radius 1 is 1.42 bits per heavy atom. The number of anilines is 2. The van der Waals surface area contributed by atoms with Gasteiger partial charge >= 0.3 is 0 Å². The smallest absolute Gasteiger partial charge is 0.234 e. The van der Waals surface area contributed by atoms with Gasteiger partial charge in [0.15, 0.2) is 0 Å². The van der Waals surface area contributed by atoms with Gasteiger partial charge in [-0.25, -0.2) is 8.42 Å². The molecule has 0 atom stereocenters. The van der Waals surface area contributed by atoms with Crippen LogP contribution in [0.5, 0.6) is 0 Å². The van der Waals surface area contributed by atoms with E-state index in [1.165, 1.54) is 11.8 Å². The van der Waals surface area contributed by atoms with Gasteiger partial charge in [-0.1, -0.05) is 13.3 Å². The molecule has 2 rings (SSSR count). The van der Waals surface area contributed by atoms with E-state index in [9.17, 15) is 13.2 Å². The van der Waals surface area contributed by atoms with Gasteiger partial charge in [0, 0.05) is 4.90 Å². The molecule has 1 heterocycles. The van der Waals surface area contributed by atoms with Crippen LogP contribution in [-0.4, -0.2) is 25.8 Å². The topological polar surface area (TPSA) is 75.3 Å². The quantitative estimate of drug-likeness (QED) is 0.874. The van der Waals surface area contributed by atoms with Crippen LogP contribution in [0.25, 0.3) is 0 Å². The molecule has 0 saturated heterocycles. The van der Waals surface area contributed by atoms with E-state index in [4.69, 9.17) is 0 Å². The number of nitrogens with one attached hydrogen (secondary N) is 2. The summed E-state index contributed by atoms with van der Waals surface area (Å²) in [5.74, 6) is 0.444. The molecule has 0 radical (unpaired) electrons. The molecule has 104 valence electrons. The molecule has 0 spiro atoms. The number of rotatable bonds is 5. The van der Waals surface area contributed by atoms with Crippen molar-refractivity contribution in [3.05, 3.63) is 18.2 Å². The Bertz CT molecular complexity index is 585. The Labute approximate surface area is 117 Å². The molecule has 0 aliphatic carbocycles. The number of carbonyl (C=O) groups excluding carboxylic acids is 1. The standard InChI is InChI=1S/C12H16N2O3S2/c1-2-3-6-19(16,17)14-9-4-5-11-10(7-9)13-12(15)8-18-11/h4-5,7,14H,2-3,6,8H2,1H3,(H,13,15). The predicted octanol–water partition coefficient (Wildman–Crippen LogP) is 2.27. The highest BCUT2D eigenvalue weighted by molar-refractivity contribution is 8.00. The summed E-state index contributed by atoms with van der Waals surface area (Å²) in [6.07, 6.45) is 1.46. The molecule has 1 aliphatic rings. The van der Waals surface area contributed by atoms with E-state index in [0.29, 0.717) is 23.5 Å². The molecule has 5 nitrogen and oxygen atoms in total. The fraction of sp³-hybridized carbons (Fsp3) is 0.417. The van der Waals surface area contributed by atoms with Crippen molar-refractivity contribution in [1.29, 1.82) is 0 Å². The molecule has 1 aliphatic heterocycles. The first-order valence-corrected chi connectivity index (χ1v) is 8.71. The van der Waals surface area contributed by atoms with E-state index < -0.39 is 10.0 Å². The molecular weight excluding hydrogens is 284 g/mol. The number of hydrogen-bond acceptors (Lipinski definition) is 4. The van der Waals surface area contributed by atoms with E-state index in [1.54, 1.807) is 12.1 Å². The largest absolute Gasteiger partial charge is 0.324 e. The maximum absolute atomic E-state index is 11.8. The summed E-state index contributed by atoms with van der Waals surface area (Å²) < 4.78 is 26.1. The summed E-state index contributed by atoms with van der Waals surface area (Å²) in [7, 11) is -3.31. The van der Waals surface area contributed by atoms with Gasteiger partial charge in [-0.15, -0.1) is 11.8 Å². The minimum atomic E-state index is -3.31. The number of benzene rings is 1. The third kappa shape index (κ3) is 3.87. The van der Waals surface area contributed by atoms with Crippen LogP contribution in [0.1, 0.15) is 19.8 Å². The molecule has 0 fully saturated rings. The minimum Gasteiger partial charge on any atom is -0.324 e. The molecule has 1 aromatic carbocycles. The zero-order valence-corrected chi connectivity index (χ0v) is 12.2. The summed E-state index contributed by atoms with van der Waals surface area (Å²) in [4.78, 5) is 12.2. The van der Waals surface area contributed by atoms with Crippen LogP contribution in [0.2, 0.25) is 0 Å². The molecule has 0 bridgehead atoms. The van der Waals surface area contributed by atoms with Gasteiger partial charge in [-0.3, -0.25) is 9.52 Å². The summed E-state index contributed by atoms with van der Waals surface area (Å²) in [6, 6.07) is 5.19. The van der Waals surface area contributed by atoms with Gasteiger partial charge in [0.25, 0.3) is 0 Å². The molecule has 1 amide bonds. The second kappa shape index (κ2) is 5.83. The number of amides is 1. The summed E-state index contributed by atoms with van der Waals surface area (Å²) in [5.41, 5.74) is 1.15. The average molecular weight is 300 g/mol. The van der Waals surface area contributed by atoms with Crippen LogP contribution in [0.15, 0.2) is 23.1 Å². The van der Waals surface area contributed by atoms with Crippen LogP contribution in [0, 0.1) is 0 Å². The third-order valence-electron chi connectivity index (χ3n) is 2.65. The first-order chi connectivity index (χ1) is 9.00. The van der Waals surface area contributed by atoms with Crippen molar-refractivity contribution in [3.63, 3.8) is 0 Å². The van der Waals surface area contributed by atoms with Gasteiger partial charge in [0.2, 0.25) is 15.9 Å². The van der Waals surface area contributed by atoms with Crippen molar-refractivity contribution < 1.29 is 13.2 Å². The lowest BCUT2D eigenvalue weighted by atomic mass is 10.3. The highest BCUT2D eigenvalue weighted by Gasteiger charge is 2.17. The first-order valence-electron chi connectivity index (χ1n) is 6.07. The number of hydrogen-bond donors (Lipinski definition) is 2.